The molecule has 0 aliphatic rings. The van der Waals surface area contributed by atoms with Crippen LogP contribution in [0.15, 0.2) is 36.4 Å². The summed E-state index contributed by atoms with van der Waals surface area (Å²) in [6, 6.07) is 9.00. The van der Waals surface area contributed by atoms with E-state index < -0.39 is 10.8 Å². The minimum absolute atomic E-state index is 0.125. The predicted molar refractivity (Wildman–Crippen MR) is 91.9 cm³/mol. The highest BCUT2D eigenvalue weighted by Crippen LogP contribution is 2.28. The molecule has 6 nitrogen and oxygen atoms in total. The molecular formula is C16H14Cl2N2O4. The van der Waals surface area contributed by atoms with Crippen molar-refractivity contribution in [2.45, 2.75) is 13.5 Å². The average Bonchev–Trinajstić information content (AvgIpc) is 2.54. The van der Waals surface area contributed by atoms with Crippen molar-refractivity contribution in [2.24, 2.45) is 0 Å². The highest BCUT2D eigenvalue weighted by atomic mass is 35.5. The number of nitrogens with zero attached hydrogens (tertiary/aromatic N) is 1. The fraction of sp³-hybridized carbons (Fsp3) is 0.188. The predicted octanol–water partition coefficient (Wildman–Crippen LogP) is 4.23. The van der Waals surface area contributed by atoms with Crippen LogP contribution in [0.3, 0.4) is 0 Å². The highest BCUT2D eigenvalue weighted by molar-refractivity contribution is 6.35. The molecule has 2 aromatic rings. The second-order valence-corrected chi connectivity index (χ2v) is 5.63. The van der Waals surface area contributed by atoms with Crippen molar-refractivity contribution in [1.82, 2.24) is 5.32 Å². The van der Waals surface area contributed by atoms with E-state index in [2.05, 4.69) is 5.32 Å². The normalized spacial score (nSPS) is 10.3. The molecule has 0 aromatic heterocycles. The highest BCUT2D eigenvalue weighted by Gasteiger charge is 2.18. The summed E-state index contributed by atoms with van der Waals surface area (Å²) in [5, 5.41) is 14.7. The van der Waals surface area contributed by atoms with E-state index in [4.69, 9.17) is 27.9 Å². The molecule has 0 radical (unpaired) electrons. The molecule has 1 amide bonds. The molecule has 0 saturated carbocycles. The van der Waals surface area contributed by atoms with Crippen LogP contribution < -0.4 is 10.1 Å². The van der Waals surface area contributed by atoms with Crippen LogP contribution in [-0.4, -0.2) is 17.4 Å². The summed E-state index contributed by atoms with van der Waals surface area (Å²) < 4.78 is 5.19. The Balaban J connectivity index is 2.14. The summed E-state index contributed by atoms with van der Waals surface area (Å²) in [5.41, 5.74) is 0.596. The van der Waals surface area contributed by atoms with Gasteiger partial charge < -0.3 is 10.1 Å². The van der Waals surface area contributed by atoms with Gasteiger partial charge in [0.25, 0.3) is 5.91 Å². The Morgan fingerprint density at radius 1 is 1.25 bits per heavy atom. The van der Waals surface area contributed by atoms with Gasteiger partial charge in [0.1, 0.15) is 0 Å². The molecule has 0 unspecified atom stereocenters. The van der Waals surface area contributed by atoms with Crippen molar-refractivity contribution in [1.29, 1.82) is 0 Å². The lowest BCUT2D eigenvalue weighted by molar-refractivity contribution is -0.385. The maximum atomic E-state index is 12.2. The topological polar surface area (TPSA) is 81.5 Å². The van der Waals surface area contributed by atoms with Crippen molar-refractivity contribution in [2.75, 3.05) is 6.61 Å². The SMILES string of the molecule is CCOc1ccc(C(=O)NCc2ccc(Cl)cc2Cl)cc1[N+](=O)[O-]. The molecule has 0 fully saturated rings. The Bertz CT molecular complexity index is 781. The molecule has 0 aliphatic heterocycles. The smallest absolute Gasteiger partial charge is 0.311 e. The Hall–Kier alpha value is -2.31. The molecule has 0 heterocycles. The van der Waals surface area contributed by atoms with Crippen LogP contribution >= 0.6 is 23.2 Å². The van der Waals surface area contributed by atoms with E-state index in [9.17, 15) is 14.9 Å². The molecular weight excluding hydrogens is 355 g/mol. The van der Waals surface area contributed by atoms with E-state index in [-0.39, 0.29) is 23.5 Å². The van der Waals surface area contributed by atoms with Gasteiger partial charge in [-0.25, -0.2) is 0 Å². The Morgan fingerprint density at radius 2 is 2.00 bits per heavy atom. The first-order valence-electron chi connectivity index (χ1n) is 7.05. The van der Waals surface area contributed by atoms with Gasteiger partial charge in [-0.1, -0.05) is 29.3 Å². The second-order valence-electron chi connectivity index (χ2n) is 4.79. The van der Waals surface area contributed by atoms with Crippen molar-refractivity contribution in [3.63, 3.8) is 0 Å². The number of amides is 1. The van der Waals surface area contributed by atoms with Gasteiger partial charge in [0.05, 0.1) is 11.5 Å². The van der Waals surface area contributed by atoms with Crippen LogP contribution in [0.25, 0.3) is 0 Å². The number of carbonyl (C=O) groups is 1. The molecule has 0 aliphatic carbocycles. The van der Waals surface area contributed by atoms with Crippen molar-refractivity contribution < 1.29 is 14.5 Å². The number of benzene rings is 2. The van der Waals surface area contributed by atoms with E-state index in [1.54, 1.807) is 25.1 Å². The maximum Gasteiger partial charge on any atom is 0.311 e. The molecule has 0 bridgehead atoms. The minimum Gasteiger partial charge on any atom is -0.487 e. The molecule has 0 atom stereocenters. The minimum atomic E-state index is -0.585. The molecule has 2 aromatic carbocycles. The van der Waals surface area contributed by atoms with E-state index in [0.717, 1.165) is 0 Å². The van der Waals surface area contributed by atoms with Gasteiger partial charge in [-0.2, -0.15) is 0 Å². The average molecular weight is 369 g/mol. The molecule has 24 heavy (non-hydrogen) atoms. The van der Waals surface area contributed by atoms with Gasteiger partial charge in [-0.05, 0) is 36.8 Å². The Morgan fingerprint density at radius 3 is 2.62 bits per heavy atom. The lowest BCUT2D eigenvalue weighted by Crippen LogP contribution is -2.23. The van der Waals surface area contributed by atoms with Crippen LogP contribution in [0, 0.1) is 10.1 Å². The molecule has 126 valence electrons. The fourth-order valence-electron chi connectivity index (χ4n) is 2.02. The number of ether oxygens (including phenoxy) is 1. The standard InChI is InChI=1S/C16H14Cl2N2O4/c1-2-24-15-6-4-10(7-14(15)20(22)23)16(21)19-9-11-3-5-12(17)8-13(11)18/h3-8H,2,9H2,1H3,(H,19,21). The zero-order valence-electron chi connectivity index (χ0n) is 12.7. The summed E-state index contributed by atoms with van der Waals surface area (Å²) in [7, 11) is 0. The number of rotatable bonds is 6. The Kier molecular flexibility index (Phi) is 6.00. The number of hydrogen-bond donors (Lipinski definition) is 1. The second kappa shape index (κ2) is 7.99. The monoisotopic (exact) mass is 368 g/mol. The lowest BCUT2D eigenvalue weighted by atomic mass is 10.1. The number of carbonyl (C=O) groups excluding carboxylic acids is 1. The van der Waals surface area contributed by atoms with Gasteiger partial charge in [0.15, 0.2) is 5.75 Å². The third-order valence-corrected chi connectivity index (χ3v) is 3.76. The first kappa shape index (κ1) is 18.0. The van der Waals surface area contributed by atoms with Crippen molar-refractivity contribution >= 4 is 34.8 Å². The molecule has 0 spiro atoms. The maximum absolute atomic E-state index is 12.2. The van der Waals surface area contributed by atoms with E-state index in [1.165, 1.54) is 18.2 Å². The number of nitrogens with one attached hydrogen (secondary N) is 1. The van der Waals surface area contributed by atoms with Crippen molar-refractivity contribution in [3.05, 3.63) is 67.7 Å². The van der Waals surface area contributed by atoms with Gasteiger partial charge in [0, 0.05) is 28.2 Å². The quantitative estimate of drug-likeness (QED) is 0.610. The summed E-state index contributed by atoms with van der Waals surface area (Å²) in [4.78, 5) is 22.7. The number of hydrogen-bond acceptors (Lipinski definition) is 4. The first-order chi connectivity index (χ1) is 11.4. The zero-order chi connectivity index (χ0) is 17.7. The van der Waals surface area contributed by atoms with E-state index >= 15 is 0 Å². The number of halogens is 2. The van der Waals surface area contributed by atoms with Crippen LogP contribution in [0.2, 0.25) is 10.0 Å². The third kappa shape index (κ3) is 4.37. The zero-order valence-corrected chi connectivity index (χ0v) is 14.2. The molecule has 8 heteroatoms. The molecule has 1 N–H and O–H groups in total. The summed E-state index contributed by atoms with van der Waals surface area (Å²) in [6.45, 7) is 2.19. The lowest BCUT2D eigenvalue weighted by Gasteiger charge is -2.09. The summed E-state index contributed by atoms with van der Waals surface area (Å²) in [5.74, 6) is -0.327. The molecule has 2 rings (SSSR count). The number of nitro benzene ring substituents is 1. The van der Waals surface area contributed by atoms with Gasteiger partial charge in [-0.3, -0.25) is 14.9 Å². The van der Waals surface area contributed by atoms with Gasteiger partial charge >= 0.3 is 5.69 Å². The van der Waals surface area contributed by atoms with Crippen LogP contribution in [-0.2, 0) is 6.54 Å². The summed E-state index contributed by atoms with van der Waals surface area (Å²) in [6.07, 6.45) is 0. The van der Waals surface area contributed by atoms with E-state index in [0.29, 0.717) is 22.2 Å². The fourth-order valence-corrected chi connectivity index (χ4v) is 2.50. The van der Waals surface area contributed by atoms with E-state index in [1.807, 2.05) is 0 Å². The van der Waals surface area contributed by atoms with Crippen LogP contribution in [0.4, 0.5) is 5.69 Å². The van der Waals surface area contributed by atoms with Gasteiger partial charge in [0.2, 0.25) is 0 Å². The van der Waals surface area contributed by atoms with Gasteiger partial charge in [-0.15, -0.1) is 0 Å². The van der Waals surface area contributed by atoms with Crippen molar-refractivity contribution in [3.8, 4) is 5.75 Å². The van der Waals surface area contributed by atoms with Crippen LogP contribution in [0.5, 0.6) is 5.75 Å². The van der Waals surface area contributed by atoms with Crippen LogP contribution in [0.1, 0.15) is 22.8 Å². The third-order valence-electron chi connectivity index (χ3n) is 3.17. The summed E-state index contributed by atoms with van der Waals surface area (Å²) >= 11 is 11.9. The Labute approximate surface area is 148 Å². The first-order valence-corrected chi connectivity index (χ1v) is 7.81. The molecule has 0 saturated heterocycles. The largest absolute Gasteiger partial charge is 0.487 e. The number of nitro groups is 1.